The molecule has 0 saturated carbocycles. The van der Waals surface area contributed by atoms with Gasteiger partial charge < -0.3 is 14.5 Å². The second kappa shape index (κ2) is 6.05. The van der Waals surface area contributed by atoms with E-state index in [9.17, 15) is 4.79 Å². The summed E-state index contributed by atoms with van der Waals surface area (Å²) in [7, 11) is 1.94. The van der Waals surface area contributed by atoms with Crippen LogP contribution in [0.5, 0.6) is 0 Å². The molecule has 1 amide bonds. The normalized spacial score (nSPS) is 16.5. The number of H-pyrrole nitrogens is 1. The van der Waals surface area contributed by atoms with E-state index in [0.717, 1.165) is 34.4 Å². The van der Waals surface area contributed by atoms with Gasteiger partial charge in [0.15, 0.2) is 0 Å². The second-order valence-corrected chi connectivity index (χ2v) is 6.76. The Balaban J connectivity index is 1.58. The number of nitrogens with one attached hydrogen (secondary N) is 1. The highest BCUT2D eigenvalue weighted by molar-refractivity contribution is 5.98. The van der Waals surface area contributed by atoms with Gasteiger partial charge in [-0.05, 0) is 29.8 Å². The van der Waals surface area contributed by atoms with Crippen molar-refractivity contribution in [3.8, 4) is 0 Å². The van der Waals surface area contributed by atoms with Crippen LogP contribution in [-0.2, 0) is 13.5 Å². The smallest absolute Gasteiger partial charge is 0.254 e. The summed E-state index contributed by atoms with van der Waals surface area (Å²) in [6.45, 7) is 0.619. The highest BCUT2D eigenvalue weighted by atomic mass is 16.2. The molecule has 5 rings (SSSR count). The molecule has 0 bridgehead atoms. The maximum atomic E-state index is 13.4. The van der Waals surface area contributed by atoms with Crippen LogP contribution in [0.1, 0.15) is 33.4 Å². The molecule has 0 unspecified atom stereocenters. The molecule has 0 fully saturated rings. The lowest BCUT2D eigenvalue weighted by molar-refractivity contribution is 0.0690. The fraction of sp³-hybridized carbons (Fsp3) is 0.200. The Bertz CT molecular complexity index is 1130. The maximum absolute atomic E-state index is 13.4. The van der Waals surface area contributed by atoms with Gasteiger partial charge in [0.2, 0.25) is 0 Å². The predicted molar refractivity (Wildman–Crippen MR) is 100 cm³/mol. The van der Waals surface area contributed by atoms with E-state index in [2.05, 4.69) is 19.9 Å². The SMILES string of the molecule is Cn1cnc2cc(C(=O)N3CCc4[nH]cnc4[C@H]3c3cccnc3)ccc21. The molecular weight excluding hydrogens is 340 g/mol. The summed E-state index contributed by atoms with van der Waals surface area (Å²) in [6, 6.07) is 9.30. The minimum atomic E-state index is -0.249. The number of hydrogen-bond donors (Lipinski definition) is 1. The largest absolute Gasteiger partial charge is 0.348 e. The van der Waals surface area contributed by atoms with Crippen molar-refractivity contribution >= 4 is 16.9 Å². The number of pyridine rings is 1. The Kier molecular flexibility index (Phi) is 3.53. The molecule has 4 aromatic rings. The van der Waals surface area contributed by atoms with E-state index >= 15 is 0 Å². The van der Waals surface area contributed by atoms with Crippen LogP contribution in [0.2, 0.25) is 0 Å². The second-order valence-electron chi connectivity index (χ2n) is 6.76. The molecule has 0 aliphatic carbocycles. The van der Waals surface area contributed by atoms with Gasteiger partial charge in [0.25, 0.3) is 5.91 Å². The molecular formula is C20H18N6O. The third kappa shape index (κ3) is 2.51. The number of amides is 1. The number of aromatic nitrogens is 5. The highest BCUT2D eigenvalue weighted by Crippen LogP contribution is 2.34. The number of rotatable bonds is 2. The van der Waals surface area contributed by atoms with Gasteiger partial charge in [-0.1, -0.05) is 6.07 Å². The van der Waals surface area contributed by atoms with Gasteiger partial charge in [-0.2, -0.15) is 0 Å². The zero-order valence-electron chi connectivity index (χ0n) is 14.8. The summed E-state index contributed by atoms with van der Waals surface area (Å²) in [5, 5.41) is 0. The fourth-order valence-electron chi connectivity index (χ4n) is 3.81. The van der Waals surface area contributed by atoms with Crippen LogP contribution in [0.3, 0.4) is 0 Å². The van der Waals surface area contributed by atoms with Crippen LogP contribution in [0.4, 0.5) is 0 Å². The maximum Gasteiger partial charge on any atom is 0.254 e. The van der Waals surface area contributed by atoms with Crippen molar-refractivity contribution in [2.24, 2.45) is 7.05 Å². The Morgan fingerprint density at radius 3 is 3.04 bits per heavy atom. The van der Waals surface area contributed by atoms with E-state index in [4.69, 9.17) is 0 Å². The van der Waals surface area contributed by atoms with Crippen LogP contribution in [0.25, 0.3) is 11.0 Å². The average molecular weight is 358 g/mol. The predicted octanol–water partition coefficient (Wildman–Crippen LogP) is 2.48. The summed E-state index contributed by atoms with van der Waals surface area (Å²) in [5.74, 6) is -0.0231. The Morgan fingerprint density at radius 2 is 2.19 bits per heavy atom. The summed E-state index contributed by atoms with van der Waals surface area (Å²) in [6.07, 6.45) is 7.75. The summed E-state index contributed by atoms with van der Waals surface area (Å²) >= 11 is 0. The molecule has 1 atom stereocenters. The van der Waals surface area contributed by atoms with Crippen molar-refractivity contribution in [3.05, 3.63) is 77.9 Å². The molecule has 1 N–H and O–H groups in total. The van der Waals surface area contributed by atoms with Crippen LogP contribution in [-0.4, -0.2) is 41.9 Å². The Hall–Kier alpha value is -3.48. The summed E-state index contributed by atoms with van der Waals surface area (Å²) in [5.41, 5.74) is 5.38. The lowest BCUT2D eigenvalue weighted by atomic mass is 9.96. The minimum Gasteiger partial charge on any atom is -0.348 e. The molecule has 7 heteroatoms. The van der Waals surface area contributed by atoms with Crippen molar-refractivity contribution in [2.45, 2.75) is 12.5 Å². The first-order chi connectivity index (χ1) is 13.2. The van der Waals surface area contributed by atoms with E-state index in [-0.39, 0.29) is 11.9 Å². The first-order valence-corrected chi connectivity index (χ1v) is 8.86. The number of carbonyl (C=O) groups is 1. The monoisotopic (exact) mass is 358 g/mol. The van der Waals surface area contributed by atoms with Gasteiger partial charge in [0.05, 0.1) is 29.4 Å². The van der Waals surface area contributed by atoms with Crippen LogP contribution in [0, 0.1) is 0 Å². The lowest BCUT2D eigenvalue weighted by Crippen LogP contribution is -2.40. The zero-order chi connectivity index (χ0) is 18.4. The number of carbonyl (C=O) groups excluding carboxylic acids is 1. The number of benzene rings is 1. The molecule has 4 heterocycles. The number of aromatic amines is 1. The zero-order valence-corrected chi connectivity index (χ0v) is 14.8. The van der Waals surface area contributed by atoms with E-state index < -0.39 is 0 Å². The number of aryl methyl sites for hydroxylation is 1. The molecule has 1 aliphatic heterocycles. The van der Waals surface area contributed by atoms with Crippen molar-refractivity contribution in [1.82, 2.24) is 29.4 Å². The standard InChI is InChI=1S/C20H18N6O/c1-25-12-24-16-9-13(4-5-17(16)25)20(27)26-8-6-15-18(23-11-22-15)19(26)14-3-2-7-21-10-14/h2-5,7,9-12,19H,6,8H2,1H3,(H,22,23)/t19-/m1/s1. The molecule has 0 radical (unpaired) electrons. The lowest BCUT2D eigenvalue weighted by Gasteiger charge is -2.35. The molecule has 0 spiro atoms. The molecule has 0 saturated heterocycles. The van der Waals surface area contributed by atoms with Crippen molar-refractivity contribution in [3.63, 3.8) is 0 Å². The molecule has 7 nitrogen and oxygen atoms in total. The van der Waals surface area contributed by atoms with Crippen LogP contribution >= 0.6 is 0 Å². The van der Waals surface area contributed by atoms with Gasteiger partial charge in [-0.15, -0.1) is 0 Å². The molecule has 3 aromatic heterocycles. The third-order valence-corrected chi connectivity index (χ3v) is 5.16. The summed E-state index contributed by atoms with van der Waals surface area (Å²) in [4.78, 5) is 31.6. The average Bonchev–Trinajstić information content (AvgIpc) is 3.33. The van der Waals surface area contributed by atoms with Gasteiger partial charge in [0.1, 0.15) is 6.04 Å². The number of nitrogens with zero attached hydrogens (tertiary/aromatic N) is 5. The minimum absolute atomic E-state index is 0.0231. The topological polar surface area (TPSA) is 79.7 Å². The highest BCUT2D eigenvalue weighted by Gasteiger charge is 2.34. The van der Waals surface area contributed by atoms with Gasteiger partial charge in [0, 0.05) is 43.7 Å². The molecule has 134 valence electrons. The van der Waals surface area contributed by atoms with E-state index in [1.807, 2.05) is 46.8 Å². The van der Waals surface area contributed by atoms with E-state index in [1.165, 1.54) is 0 Å². The number of imidazole rings is 2. The number of hydrogen-bond acceptors (Lipinski definition) is 4. The Morgan fingerprint density at radius 1 is 1.26 bits per heavy atom. The van der Waals surface area contributed by atoms with Crippen LogP contribution in [0.15, 0.2) is 55.4 Å². The first kappa shape index (κ1) is 15.7. The number of fused-ring (bicyclic) bond motifs is 2. The van der Waals surface area contributed by atoms with Gasteiger partial charge in [-0.3, -0.25) is 9.78 Å². The van der Waals surface area contributed by atoms with Gasteiger partial charge >= 0.3 is 0 Å². The molecule has 27 heavy (non-hydrogen) atoms. The molecule has 1 aliphatic rings. The van der Waals surface area contributed by atoms with Crippen molar-refractivity contribution in [1.29, 1.82) is 0 Å². The van der Waals surface area contributed by atoms with Crippen LogP contribution < -0.4 is 0 Å². The Labute approximate surface area is 155 Å². The van der Waals surface area contributed by atoms with Crippen molar-refractivity contribution in [2.75, 3.05) is 6.54 Å². The van der Waals surface area contributed by atoms with E-state index in [0.29, 0.717) is 12.1 Å². The fourth-order valence-corrected chi connectivity index (χ4v) is 3.81. The van der Waals surface area contributed by atoms with E-state index in [1.54, 1.807) is 25.0 Å². The summed E-state index contributed by atoms with van der Waals surface area (Å²) < 4.78 is 1.94. The first-order valence-electron chi connectivity index (χ1n) is 8.86. The van der Waals surface area contributed by atoms with Gasteiger partial charge in [-0.25, -0.2) is 9.97 Å². The quantitative estimate of drug-likeness (QED) is 0.597. The molecule has 1 aromatic carbocycles. The van der Waals surface area contributed by atoms with Crippen molar-refractivity contribution < 1.29 is 4.79 Å². The third-order valence-electron chi connectivity index (χ3n) is 5.16.